The number of carbonyl (C=O) groups excluding carboxylic acids is 2. The Balaban J connectivity index is 2.88. The van der Waals surface area contributed by atoms with Crippen LogP contribution in [0.5, 0.6) is 0 Å². The van der Waals surface area contributed by atoms with E-state index in [0.29, 0.717) is 5.16 Å². The lowest BCUT2D eigenvalue weighted by molar-refractivity contribution is -0.117. The van der Waals surface area contributed by atoms with Crippen molar-refractivity contribution in [3.8, 4) is 0 Å². The van der Waals surface area contributed by atoms with Gasteiger partial charge in [0.15, 0.2) is 11.0 Å². The molecule has 0 aromatic carbocycles. The smallest absolute Gasteiger partial charge is 0.321 e. The van der Waals surface area contributed by atoms with Crippen molar-refractivity contribution in [2.75, 3.05) is 26.9 Å². The number of unbranched alkanes of at least 4 members (excludes halogenated alkanes) is 1. The van der Waals surface area contributed by atoms with Crippen molar-refractivity contribution in [2.24, 2.45) is 0 Å². The zero-order chi connectivity index (χ0) is 18.1. The highest BCUT2D eigenvalue weighted by atomic mass is 32.2. The number of imide groups is 1. The monoisotopic (exact) mass is 356 g/mol. The first-order valence-corrected chi connectivity index (χ1v) is 9.16. The molecular weight excluding hydrogens is 328 g/mol. The van der Waals surface area contributed by atoms with Crippen molar-refractivity contribution >= 4 is 23.7 Å². The van der Waals surface area contributed by atoms with Gasteiger partial charge in [0.2, 0.25) is 5.91 Å². The summed E-state index contributed by atoms with van der Waals surface area (Å²) in [5, 5.41) is 13.9. The maximum Gasteiger partial charge on any atom is 0.321 e. The van der Waals surface area contributed by atoms with Crippen LogP contribution in [0, 0.1) is 0 Å². The van der Waals surface area contributed by atoms with E-state index >= 15 is 0 Å². The van der Waals surface area contributed by atoms with E-state index in [1.807, 2.05) is 14.1 Å². The molecule has 0 bridgehead atoms. The van der Waals surface area contributed by atoms with Crippen LogP contribution in [0.4, 0.5) is 4.79 Å². The van der Waals surface area contributed by atoms with Crippen LogP contribution in [0.2, 0.25) is 0 Å². The molecule has 0 unspecified atom stereocenters. The van der Waals surface area contributed by atoms with Crippen LogP contribution in [0.15, 0.2) is 5.16 Å². The van der Waals surface area contributed by atoms with Crippen molar-refractivity contribution in [1.82, 2.24) is 30.3 Å². The minimum atomic E-state index is -0.507. The van der Waals surface area contributed by atoms with E-state index in [-0.39, 0.29) is 17.7 Å². The summed E-state index contributed by atoms with van der Waals surface area (Å²) in [5.41, 5.74) is 0. The topological polar surface area (TPSA) is 92.2 Å². The fraction of sp³-hybridized carbons (Fsp3) is 0.733. The number of rotatable bonds is 9. The second-order valence-electron chi connectivity index (χ2n) is 5.65. The highest BCUT2D eigenvalue weighted by Crippen LogP contribution is 2.25. The Hall–Kier alpha value is -1.61. The molecule has 0 spiro atoms. The van der Waals surface area contributed by atoms with Crippen molar-refractivity contribution in [2.45, 2.75) is 50.9 Å². The Bertz CT molecular complexity index is 546. The average Bonchev–Trinajstić information content (AvgIpc) is 2.93. The standard InChI is InChI=1S/C15H28N6O2S/c1-6-8-9-21-13(11(7-2)20(4)5)18-19-15(21)24-10-12(22)17-14(23)16-3/h11H,6-10H2,1-5H3,(H2,16,17,22,23)/t11-/m1/s1. The number of carbonyl (C=O) groups is 2. The SMILES string of the molecule is CCCCn1c(SCC(=O)NC(=O)NC)nnc1[C@@H](CC)N(C)C. The summed E-state index contributed by atoms with van der Waals surface area (Å²) in [6.45, 7) is 5.08. The van der Waals surface area contributed by atoms with E-state index in [0.717, 1.165) is 31.6 Å². The van der Waals surface area contributed by atoms with Crippen LogP contribution in [0.1, 0.15) is 45.0 Å². The molecular formula is C15H28N6O2S. The van der Waals surface area contributed by atoms with Gasteiger partial charge in [-0.1, -0.05) is 32.0 Å². The molecule has 0 aliphatic heterocycles. The normalized spacial score (nSPS) is 12.2. The molecule has 0 aliphatic rings. The quantitative estimate of drug-likeness (QED) is 0.654. The summed E-state index contributed by atoms with van der Waals surface area (Å²) in [6, 6.07) is -0.323. The predicted octanol–water partition coefficient (Wildman–Crippen LogP) is 1.64. The Morgan fingerprint density at radius 1 is 1.29 bits per heavy atom. The Labute approximate surface area is 147 Å². The first-order valence-electron chi connectivity index (χ1n) is 8.18. The van der Waals surface area contributed by atoms with Gasteiger partial charge in [-0.05, 0) is 26.9 Å². The maximum absolute atomic E-state index is 11.8. The van der Waals surface area contributed by atoms with Crippen LogP contribution in [0.25, 0.3) is 0 Å². The first-order chi connectivity index (χ1) is 11.4. The molecule has 9 heteroatoms. The van der Waals surface area contributed by atoms with E-state index in [2.05, 4.69) is 44.1 Å². The molecule has 1 aromatic rings. The molecule has 2 N–H and O–H groups in total. The number of nitrogens with one attached hydrogen (secondary N) is 2. The fourth-order valence-electron chi connectivity index (χ4n) is 2.31. The van der Waals surface area contributed by atoms with E-state index in [1.54, 1.807) is 0 Å². The minimum Gasteiger partial charge on any atom is -0.341 e. The number of nitrogens with zero attached hydrogens (tertiary/aromatic N) is 4. The second kappa shape index (κ2) is 10.3. The number of hydrogen-bond donors (Lipinski definition) is 2. The molecule has 24 heavy (non-hydrogen) atoms. The summed E-state index contributed by atoms with van der Waals surface area (Å²) in [6.07, 6.45) is 3.02. The molecule has 1 atom stereocenters. The van der Waals surface area contributed by atoms with Crippen LogP contribution in [-0.2, 0) is 11.3 Å². The van der Waals surface area contributed by atoms with Gasteiger partial charge >= 0.3 is 6.03 Å². The molecule has 0 aliphatic carbocycles. The molecule has 3 amide bonds. The van der Waals surface area contributed by atoms with Gasteiger partial charge < -0.3 is 9.88 Å². The highest BCUT2D eigenvalue weighted by Gasteiger charge is 2.22. The minimum absolute atomic E-state index is 0.121. The summed E-state index contributed by atoms with van der Waals surface area (Å²) < 4.78 is 2.09. The van der Waals surface area contributed by atoms with Crippen molar-refractivity contribution in [3.05, 3.63) is 5.82 Å². The molecule has 1 rings (SSSR count). The van der Waals surface area contributed by atoms with Gasteiger partial charge in [0, 0.05) is 13.6 Å². The molecule has 0 saturated heterocycles. The number of aromatic nitrogens is 3. The Kier molecular flexibility index (Phi) is 8.77. The lowest BCUT2D eigenvalue weighted by Gasteiger charge is -2.23. The average molecular weight is 356 g/mol. The highest BCUT2D eigenvalue weighted by molar-refractivity contribution is 7.99. The Morgan fingerprint density at radius 2 is 2.00 bits per heavy atom. The van der Waals surface area contributed by atoms with Gasteiger partial charge in [0.05, 0.1) is 11.8 Å². The molecule has 8 nitrogen and oxygen atoms in total. The summed E-state index contributed by atoms with van der Waals surface area (Å²) in [5.74, 6) is 0.687. The second-order valence-corrected chi connectivity index (χ2v) is 6.59. The molecule has 0 saturated carbocycles. The largest absolute Gasteiger partial charge is 0.341 e. The van der Waals surface area contributed by atoms with Crippen molar-refractivity contribution < 1.29 is 9.59 Å². The lowest BCUT2D eigenvalue weighted by Crippen LogP contribution is -2.38. The fourth-order valence-corrected chi connectivity index (χ4v) is 3.09. The molecule has 0 radical (unpaired) electrons. The summed E-state index contributed by atoms with van der Waals surface area (Å²) in [4.78, 5) is 25.0. The third-order valence-electron chi connectivity index (χ3n) is 3.60. The maximum atomic E-state index is 11.8. The van der Waals surface area contributed by atoms with Gasteiger partial charge in [-0.15, -0.1) is 10.2 Å². The summed E-state index contributed by atoms with van der Waals surface area (Å²) in [7, 11) is 5.52. The van der Waals surface area contributed by atoms with Crippen LogP contribution >= 0.6 is 11.8 Å². The third kappa shape index (κ3) is 5.79. The number of hydrogen-bond acceptors (Lipinski definition) is 6. The van der Waals surface area contributed by atoms with Crippen molar-refractivity contribution in [1.29, 1.82) is 0 Å². The van der Waals surface area contributed by atoms with E-state index < -0.39 is 6.03 Å². The van der Waals surface area contributed by atoms with Gasteiger partial charge in [0.25, 0.3) is 0 Å². The lowest BCUT2D eigenvalue weighted by atomic mass is 10.2. The van der Waals surface area contributed by atoms with Gasteiger partial charge in [-0.2, -0.15) is 0 Å². The van der Waals surface area contributed by atoms with Gasteiger partial charge in [-0.25, -0.2) is 4.79 Å². The molecule has 0 fully saturated rings. The van der Waals surface area contributed by atoms with E-state index in [9.17, 15) is 9.59 Å². The third-order valence-corrected chi connectivity index (χ3v) is 4.57. The number of urea groups is 1. The number of amides is 3. The first kappa shape index (κ1) is 20.4. The summed E-state index contributed by atoms with van der Waals surface area (Å²) >= 11 is 1.30. The molecule has 1 heterocycles. The van der Waals surface area contributed by atoms with Crippen LogP contribution in [-0.4, -0.2) is 58.5 Å². The molecule has 1 aromatic heterocycles. The molecule has 136 valence electrons. The zero-order valence-electron chi connectivity index (χ0n) is 15.1. The van der Waals surface area contributed by atoms with Crippen LogP contribution in [0.3, 0.4) is 0 Å². The zero-order valence-corrected chi connectivity index (χ0v) is 15.9. The Morgan fingerprint density at radius 3 is 2.54 bits per heavy atom. The van der Waals surface area contributed by atoms with Gasteiger partial charge in [-0.3, -0.25) is 15.0 Å². The van der Waals surface area contributed by atoms with Gasteiger partial charge in [0.1, 0.15) is 0 Å². The van der Waals surface area contributed by atoms with E-state index in [4.69, 9.17) is 0 Å². The predicted molar refractivity (Wildman–Crippen MR) is 95.0 cm³/mol. The van der Waals surface area contributed by atoms with E-state index in [1.165, 1.54) is 18.8 Å². The van der Waals surface area contributed by atoms with Crippen molar-refractivity contribution in [3.63, 3.8) is 0 Å². The number of thioether (sulfide) groups is 1. The van der Waals surface area contributed by atoms with Crippen LogP contribution < -0.4 is 10.6 Å².